The summed E-state index contributed by atoms with van der Waals surface area (Å²) in [7, 11) is 0. The standard InChI is InChI=1S/C18H28O3/c1-13(19)21-15-9-8-14(11-17(2,3)4)10-16(15)20-12-18(5,6)7/h8-10H,11-12H2,1-7H3. The molecule has 0 aliphatic carbocycles. The third-order valence-corrected chi connectivity index (χ3v) is 2.66. The Hall–Kier alpha value is -1.51. The topological polar surface area (TPSA) is 35.5 Å². The summed E-state index contributed by atoms with van der Waals surface area (Å²) in [6, 6.07) is 5.79. The Kier molecular flexibility index (Phi) is 5.43. The summed E-state index contributed by atoms with van der Waals surface area (Å²) in [5.41, 5.74) is 1.43. The van der Waals surface area contributed by atoms with Crippen LogP contribution in [0, 0.1) is 10.8 Å². The molecule has 0 unspecified atom stereocenters. The van der Waals surface area contributed by atoms with E-state index >= 15 is 0 Å². The van der Waals surface area contributed by atoms with Gasteiger partial charge in [0, 0.05) is 6.92 Å². The van der Waals surface area contributed by atoms with E-state index in [4.69, 9.17) is 9.47 Å². The first-order chi connectivity index (χ1) is 9.46. The second-order valence-corrected chi connectivity index (χ2v) is 7.96. The van der Waals surface area contributed by atoms with Gasteiger partial charge in [0.25, 0.3) is 0 Å². The van der Waals surface area contributed by atoms with Crippen LogP contribution >= 0.6 is 0 Å². The number of carbonyl (C=O) groups is 1. The molecule has 0 aromatic heterocycles. The Morgan fingerprint density at radius 2 is 1.62 bits per heavy atom. The van der Waals surface area contributed by atoms with Gasteiger partial charge in [0.1, 0.15) is 0 Å². The highest BCUT2D eigenvalue weighted by molar-refractivity contribution is 5.70. The smallest absolute Gasteiger partial charge is 0.308 e. The molecule has 0 atom stereocenters. The van der Waals surface area contributed by atoms with Crippen LogP contribution in [0.1, 0.15) is 54.0 Å². The Morgan fingerprint density at radius 1 is 1.00 bits per heavy atom. The quantitative estimate of drug-likeness (QED) is 0.600. The minimum absolute atomic E-state index is 0.0491. The van der Waals surface area contributed by atoms with Gasteiger partial charge >= 0.3 is 5.97 Å². The van der Waals surface area contributed by atoms with Crippen LogP contribution in [0.15, 0.2) is 18.2 Å². The molecule has 3 nitrogen and oxygen atoms in total. The van der Waals surface area contributed by atoms with Crippen molar-refractivity contribution in [3.63, 3.8) is 0 Å². The number of benzene rings is 1. The molecule has 0 aliphatic heterocycles. The van der Waals surface area contributed by atoms with E-state index in [1.54, 1.807) is 0 Å². The fraction of sp³-hybridized carbons (Fsp3) is 0.611. The SMILES string of the molecule is CC(=O)Oc1ccc(CC(C)(C)C)cc1OCC(C)(C)C. The maximum Gasteiger partial charge on any atom is 0.308 e. The summed E-state index contributed by atoms with van der Waals surface area (Å²) in [6.45, 7) is 14.9. The van der Waals surface area contributed by atoms with Crippen molar-refractivity contribution in [2.75, 3.05) is 6.61 Å². The summed E-state index contributed by atoms with van der Waals surface area (Å²) >= 11 is 0. The molecule has 21 heavy (non-hydrogen) atoms. The third kappa shape index (κ3) is 7.16. The van der Waals surface area contributed by atoms with Crippen LogP contribution in [-0.4, -0.2) is 12.6 Å². The fourth-order valence-electron chi connectivity index (χ4n) is 1.92. The fourth-order valence-corrected chi connectivity index (χ4v) is 1.92. The van der Waals surface area contributed by atoms with Crippen LogP contribution in [0.4, 0.5) is 0 Å². The molecule has 118 valence electrons. The van der Waals surface area contributed by atoms with Crippen LogP contribution in [0.2, 0.25) is 0 Å². The highest BCUT2D eigenvalue weighted by Crippen LogP contribution is 2.32. The third-order valence-electron chi connectivity index (χ3n) is 2.66. The van der Waals surface area contributed by atoms with Crippen molar-refractivity contribution in [3.05, 3.63) is 23.8 Å². The Labute approximate surface area is 128 Å². The summed E-state index contributed by atoms with van der Waals surface area (Å²) in [4.78, 5) is 11.2. The lowest BCUT2D eigenvalue weighted by atomic mass is 9.88. The molecule has 3 heteroatoms. The van der Waals surface area contributed by atoms with Gasteiger partial charge in [-0.3, -0.25) is 4.79 Å². The normalized spacial score (nSPS) is 12.1. The Balaban J connectivity index is 3.01. The van der Waals surface area contributed by atoms with Crippen LogP contribution in [0.3, 0.4) is 0 Å². The number of esters is 1. The number of carbonyl (C=O) groups excluding carboxylic acids is 1. The van der Waals surface area contributed by atoms with Crippen molar-refractivity contribution in [2.45, 2.75) is 54.9 Å². The lowest BCUT2D eigenvalue weighted by Gasteiger charge is -2.22. The molecular formula is C18H28O3. The monoisotopic (exact) mass is 292 g/mol. The van der Waals surface area contributed by atoms with E-state index in [0.29, 0.717) is 18.1 Å². The van der Waals surface area contributed by atoms with Gasteiger partial charge < -0.3 is 9.47 Å². The summed E-state index contributed by atoms with van der Waals surface area (Å²) in [6.07, 6.45) is 0.944. The lowest BCUT2D eigenvalue weighted by molar-refractivity contribution is -0.132. The predicted octanol–water partition coefficient (Wildman–Crippen LogP) is 4.63. The molecule has 0 N–H and O–H groups in total. The molecule has 0 spiro atoms. The summed E-state index contributed by atoms with van der Waals surface area (Å²) in [5.74, 6) is 0.797. The van der Waals surface area contributed by atoms with E-state index < -0.39 is 0 Å². The van der Waals surface area contributed by atoms with Crippen LogP contribution < -0.4 is 9.47 Å². The van der Waals surface area contributed by atoms with Gasteiger partial charge in [0.15, 0.2) is 11.5 Å². The maximum atomic E-state index is 11.2. The molecule has 0 bridgehead atoms. The van der Waals surface area contributed by atoms with E-state index in [0.717, 1.165) is 6.42 Å². The molecule has 1 rings (SSSR count). The Bertz CT molecular complexity index is 490. The zero-order chi connectivity index (χ0) is 16.3. The van der Waals surface area contributed by atoms with Gasteiger partial charge in [-0.2, -0.15) is 0 Å². The molecule has 0 aliphatic rings. The average Bonchev–Trinajstić information content (AvgIpc) is 2.25. The molecule has 0 amide bonds. The van der Waals surface area contributed by atoms with Crippen LogP contribution in [-0.2, 0) is 11.2 Å². The first-order valence-electron chi connectivity index (χ1n) is 7.40. The van der Waals surface area contributed by atoms with E-state index in [2.05, 4.69) is 41.5 Å². The number of hydrogen-bond acceptors (Lipinski definition) is 3. The van der Waals surface area contributed by atoms with Gasteiger partial charge in [-0.05, 0) is 34.9 Å². The number of hydrogen-bond donors (Lipinski definition) is 0. The second-order valence-electron chi connectivity index (χ2n) is 7.96. The molecular weight excluding hydrogens is 264 g/mol. The first kappa shape index (κ1) is 17.5. The summed E-state index contributed by atoms with van der Waals surface area (Å²) in [5, 5.41) is 0. The van der Waals surface area contributed by atoms with Crippen molar-refractivity contribution in [2.24, 2.45) is 10.8 Å². The minimum Gasteiger partial charge on any atom is -0.489 e. The van der Waals surface area contributed by atoms with Crippen molar-refractivity contribution in [1.82, 2.24) is 0 Å². The minimum atomic E-state index is -0.334. The van der Waals surface area contributed by atoms with Crippen molar-refractivity contribution in [1.29, 1.82) is 0 Å². The van der Waals surface area contributed by atoms with E-state index in [-0.39, 0.29) is 16.8 Å². The van der Waals surface area contributed by atoms with E-state index in [9.17, 15) is 4.79 Å². The number of ether oxygens (including phenoxy) is 2. The highest BCUT2D eigenvalue weighted by Gasteiger charge is 2.17. The van der Waals surface area contributed by atoms with Crippen molar-refractivity contribution >= 4 is 5.97 Å². The Morgan fingerprint density at radius 3 is 2.10 bits per heavy atom. The molecule has 1 aromatic rings. The average molecular weight is 292 g/mol. The molecule has 0 radical (unpaired) electrons. The molecule has 0 heterocycles. The predicted molar refractivity (Wildman–Crippen MR) is 85.9 cm³/mol. The van der Waals surface area contributed by atoms with Gasteiger partial charge in [0.05, 0.1) is 6.61 Å². The van der Waals surface area contributed by atoms with Crippen molar-refractivity contribution < 1.29 is 14.3 Å². The molecule has 0 fully saturated rings. The highest BCUT2D eigenvalue weighted by atomic mass is 16.6. The molecule has 0 saturated heterocycles. The summed E-state index contributed by atoms with van der Waals surface area (Å²) < 4.78 is 11.1. The second kappa shape index (κ2) is 6.50. The zero-order valence-electron chi connectivity index (χ0n) is 14.4. The van der Waals surface area contributed by atoms with Crippen LogP contribution in [0.25, 0.3) is 0 Å². The van der Waals surface area contributed by atoms with Gasteiger partial charge in [0.2, 0.25) is 0 Å². The van der Waals surface area contributed by atoms with E-state index in [1.165, 1.54) is 12.5 Å². The van der Waals surface area contributed by atoms with Gasteiger partial charge in [-0.1, -0.05) is 47.6 Å². The zero-order valence-corrected chi connectivity index (χ0v) is 14.4. The first-order valence-corrected chi connectivity index (χ1v) is 7.40. The van der Waals surface area contributed by atoms with Crippen molar-refractivity contribution in [3.8, 4) is 11.5 Å². The van der Waals surface area contributed by atoms with E-state index in [1.807, 2.05) is 18.2 Å². The molecule has 0 saturated carbocycles. The molecule has 1 aromatic carbocycles. The maximum absolute atomic E-state index is 11.2. The van der Waals surface area contributed by atoms with Crippen LogP contribution in [0.5, 0.6) is 11.5 Å². The lowest BCUT2D eigenvalue weighted by Crippen LogP contribution is -2.18. The van der Waals surface area contributed by atoms with Gasteiger partial charge in [-0.25, -0.2) is 0 Å². The number of rotatable bonds is 4. The van der Waals surface area contributed by atoms with Gasteiger partial charge in [-0.15, -0.1) is 0 Å². The largest absolute Gasteiger partial charge is 0.489 e.